The fourth-order valence-corrected chi connectivity index (χ4v) is 1.74. The summed E-state index contributed by atoms with van der Waals surface area (Å²) in [5, 5.41) is 3.49. The largest absolute Gasteiger partial charge is 0.381 e. The maximum Gasteiger partial charge on any atom is 0.0507 e. The predicted molar refractivity (Wildman–Crippen MR) is 59.2 cm³/mol. The Morgan fingerprint density at radius 3 is 3.07 bits per heavy atom. The maximum absolute atomic E-state index is 5.55. The standard InChI is InChI=1S/C11H24N2O/c1-10(7-12)3-2-5-13-8-11-4-6-14-9-11/h10-11,13H,2-9,12H2,1H3. The molecule has 2 atom stereocenters. The Labute approximate surface area is 87.4 Å². The Balaban J connectivity index is 1.84. The quantitative estimate of drug-likeness (QED) is 0.602. The topological polar surface area (TPSA) is 47.3 Å². The highest BCUT2D eigenvalue weighted by molar-refractivity contribution is 4.66. The molecule has 3 nitrogen and oxygen atoms in total. The van der Waals surface area contributed by atoms with Crippen LogP contribution in [-0.4, -0.2) is 32.8 Å². The van der Waals surface area contributed by atoms with Gasteiger partial charge in [-0.3, -0.25) is 0 Å². The van der Waals surface area contributed by atoms with Crippen LogP contribution in [-0.2, 0) is 4.74 Å². The summed E-state index contributed by atoms with van der Waals surface area (Å²) in [7, 11) is 0. The van der Waals surface area contributed by atoms with Crippen LogP contribution in [0.1, 0.15) is 26.2 Å². The molecule has 1 saturated heterocycles. The molecule has 0 aromatic carbocycles. The van der Waals surface area contributed by atoms with Crippen LogP contribution in [0, 0.1) is 11.8 Å². The molecule has 84 valence electrons. The van der Waals surface area contributed by atoms with Gasteiger partial charge in [-0.05, 0) is 44.2 Å². The molecule has 1 aliphatic heterocycles. The van der Waals surface area contributed by atoms with E-state index in [4.69, 9.17) is 10.5 Å². The molecule has 0 bridgehead atoms. The lowest BCUT2D eigenvalue weighted by molar-refractivity contribution is 0.185. The summed E-state index contributed by atoms with van der Waals surface area (Å²) in [5.74, 6) is 1.42. The van der Waals surface area contributed by atoms with Crippen molar-refractivity contribution in [2.24, 2.45) is 17.6 Å². The molecule has 0 radical (unpaired) electrons. The van der Waals surface area contributed by atoms with Crippen molar-refractivity contribution in [1.82, 2.24) is 5.32 Å². The summed E-state index contributed by atoms with van der Waals surface area (Å²) in [4.78, 5) is 0. The average Bonchev–Trinajstić information content (AvgIpc) is 2.69. The molecule has 3 heteroatoms. The van der Waals surface area contributed by atoms with Crippen molar-refractivity contribution < 1.29 is 4.74 Å². The third kappa shape index (κ3) is 4.94. The minimum absolute atomic E-state index is 0.673. The van der Waals surface area contributed by atoms with Crippen LogP contribution < -0.4 is 11.1 Å². The second kappa shape index (κ2) is 7.21. The van der Waals surface area contributed by atoms with Crippen LogP contribution in [0.3, 0.4) is 0 Å². The van der Waals surface area contributed by atoms with E-state index >= 15 is 0 Å². The number of rotatable bonds is 7. The molecule has 1 heterocycles. The fraction of sp³-hybridized carbons (Fsp3) is 1.00. The van der Waals surface area contributed by atoms with Crippen molar-refractivity contribution in [2.45, 2.75) is 26.2 Å². The van der Waals surface area contributed by atoms with E-state index in [2.05, 4.69) is 12.2 Å². The van der Waals surface area contributed by atoms with Gasteiger partial charge in [-0.2, -0.15) is 0 Å². The minimum atomic E-state index is 0.673. The maximum atomic E-state index is 5.55. The first kappa shape index (κ1) is 12.0. The summed E-state index contributed by atoms with van der Waals surface area (Å²) in [6, 6.07) is 0. The molecule has 0 aromatic heterocycles. The molecule has 1 aliphatic rings. The molecule has 0 aliphatic carbocycles. The SMILES string of the molecule is CC(CN)CCCNCC1CCOC1. The normalized spacial score (nSPS) is 24.0. The first-order valence-corrected chi connectivity index (χ1v) is 5.81. The third-order valence-corrected chi connectivity index (χ3v) is 2.91. The van der Waals surface area contributed by atoms with Gasteiger partial charge < -0.3 is 15.8 Å². The molecule has 0 amide bonds. The average molecular weight is 200 g/mol. The van der Waals surface area contributed by atoms with Gasteiger partial charge in [-0.15, -0.1) is 0 Å². The zero-order valence-electron chi connectivity index (χ0n) is 9.30. The van der Waals surface area contributed by atoms with E-state index in [1.807, 2.05) is 0 Å². The minimum Gasteiger partial charge on any atom is -0.381 e. The van der Waals surface area contributed by atoms with Gasteiger partial charge in [0.25, 0.3) is 0 Å². The summed E-state index contributed by atoms with van der Waals surface area (Å²) >= 11 is 0. The van der Waals surface area contributed by atoms with Crippen LogP contribution in [0.4, 0.5) is 0 Å². The van der Waals surface area contributed by atoms with E-state index in [-0.39, 0.29) is 0 Å². The highest BCUT2D eigenvalue weighted by Crippen LogP contribution is 2.10. The zero-order valence-corrected chi connectivity index (χ0v) is 9.30. The molecule has 2 unspecified atom stereocenters. The third-order valence-electron chi connectivity index (χ3n) is 2.91. The van der Waals surface area contributed by atoms with E-state index in [1.54, 1.807) is 0 Å². The van der Waals surface area contributed by atoms with Gasteiger partial charge in [0, 0.05) is 13.2 Å². The van der Waals surface area contributed by atoms with Crippen molar-refractivity contribution in [3.63, 3.8) is 0 Å². The van der Waals surface area contributed by atoms with Crippen molar-refractivity contribution in [3.8, 4) is 0 Å². The van der Waals surface area contributed by atoms with Crippen molar-refractivity contribution in [2.75, 3.05) is 32.8 Å². The number of nitrogens with one attached hydrogen (secondary N) is 1. The molecule has 3 N–H and O–H groups in total. The van der Waals surface area contributed by atoms with Crippen LogP contribution >= 0.6 is 0 Å². The lowest BCUT2D eigenvalue weighted by atomic mass is 10.1. The Morgan fingerprint density at radius 1 is 1.57 bits per heavy atom. The van der Waals surface area contributed by atoms with Gasteiger partial charge in [0.1, 0.15) is 0 Å². The second-order valence-corrected chi connectivity index (χ2v) is 4.42. The van der Waals surface area contributed by atoms with Crippen molar-refractivity contribution >= 4 is 0 Å². The highest BCUT2D eigenvalue weighted by Gasteiger charge is 2.14. The molecule has 0 aromatic rings. The van der Waals surface area contributed by atoms with Crippen molar-refractivity contribution in [3.05, 3.63) is 0 Å². The van der Waals surface area contributed by atoms with E-state index in [0.717, 1.165) is 38.8 Å². The fourth-order valence-electron chi connectivity index (χ4n) is 1.74. The van der Waals surface area contributed by atoms with Gasteiger partial charge in [0.2, 0.25) is 0 Å². The summed E-state index contributed by atoms with van der Waals surface area (Å²) in [6.45, 7) is 7.18. The van der Waals surface area contributed by atoms with Crippen LogP contribution in [0.15, 0.2) is 0 Å². The summed E-state index contributed by atoms with van der Waals surface area (Å²) in [6.07, 6.45) is 3.71. The lowest BCUT2D eigenvalue weighted by Crippen LogP contribution is -2.24. The predicted octanol–water partition coefficient (Wildman–Crippen LogP) is 0.987. The van der Waals surface area contributed by atoms with Gasteiger partial charge in [-0.25, -0.2) is 0 Å². The van der Waals surface area contributed by atoms with Crippen LogP contribution in [0.5, 0.6) is 0 Å². The van der Waals surface area contributed by atoms with Gasteiger partial charge >= 0.3 is 0 Å². The van der Waals surface area contributed by atoms with Crippen LogP contribution in [0.25, 0.3) is 0 Å². The molecular formula is C11H24N2O. The monoisotopic (exact) mass is 200 g/mol. The Morgan fingerprint density at radius 2 is 2.43 bits per heavy atom. The first-order chi connectivity index (χ1) is 6.83. The Bertz CT molecular complexity index is 135. The zero-order chi connectivity index (χ0) is 10.2. The Hall–Kier alpha value is -0.120. The van der Waals surface area contributed by atoms with E-state index in [0.29, 0.717) is 5.92 Å². The molecular weight excluding hydrogens is 176 g/mol. The van der Waals surface area contributed by atoms with E-state index in [1.165, 1.54) is 19.3 Å². The van der Waals surface area contributed by atoms with Gasteiger partial charge in [0.05, 0.1) is 6.61 Å². The number of hydrogen-bond acceptors (Lipinski definition) is 3. The summed E-state index contributed by atoms with van der Waals surface area (Å²) < 4.78 is 5.31. The molecule has 1 fully saturated rings. The molecule has 0 spiro atoms. The number of nitrogens with two attached hydrogens (primary N) is 1. The molecule has 0 saturated carbocycles. The van der Waals surface area contributed by atoms with Crippen LogP contribution in [0.2, 0.25) is 0 Å². The number of ether oxygens (including phenoxy) is 1. The molecule has 14 heavy (non-hydrogen) atoms. The van der Waals surface area contributed by atoms with Gasteiger partial charge in [0.15, 0.2) is 0 Å². The molecule has 1 rings (SSSR count). The second-order valence-electron chi connectivity index (χ2n) is 4.42. The summed E-state index contributed by atoms with van der Waals surface area (Å²) in [5.41, 5.74) is 5.55. The van der Waals surface area contributed by atoms with E-state index in [9.17, 15) is 0 Å². The smallest absolute Gasteiger partial charge is 0.0507 e. The highest BCUT2D eigenvalue weighted by atomic mass is 16.5. The lowest BCUT2D eigenvalue weighted by Gasteiger charge is -2.11. The van der Waals surface area contributed by atoms with E-state index < -0.39 is 0 Å². The Kier molecular flexibility index (Phi) is 6.15. The van der Waals surface area contributed by atoms with Gasteiger partial charge in [-0.1, -0.05) is 6.92 Å². The van der Waals surface area contributed by atoms with Crippen molar-refractivity contribution in [1.29, 1.82) is 0 Å². The number of hydrogen-bond donors (Lipinski definition) is 2. The first-order valence-electron chi connectivity index (χ1n) is 5.81.